The molecule has 0 saturated heterocycles. The van der Waals surface area contributed by atoms with Crippen molar-refractivity contribution < 1.29 is 28.7 Å². The molecular formula is C13H11NO7. The molecule has 0 saturated carbocycles. The molecular weight excluding hydrogens is 282 g/mol. The third kappa shape index (κ3) is 3.30. The van der Waals surface area contributed by atoms with Gasteiger partial charge in [-0.1, -0.05) is 0 Å². The average Bonchev–Trinajstić information content (AvgIpc) is 2.93. The van der Waals surface area contributed by atoms with Crippen molar-refractivity contribution >= 4 is 11.7 Å². The fourth-order valence-corrected chi connectivity index (χ4v) is 1.61. The molecule has 1 aromatic heterocycles. The molecule has 0 aliphatic heterocycles. The Morgan fingerprint density at radius 2 is 2.14 bits per heavy atom. The maximum Gasteiger partial charge on any atom is 0.338 e. The van der Waals surface area contributed by atoms with Crippen LogP contribution in [0.4, 0.5) is 5.69 Å². The highest BCUT2D eigenvalue weighted by atomic mass is 16.6. The van der Waals surface area contributed by atoms with E-state index in [1.807, 2.05) is 0 Å². The molecule has 8 nitrogen and oxygen atoms in total. The lowest BCUT2D eigenvalue weighted by molar-refractivity contribution is -0.385. The quantitative estimate of drug-likeness (QED) is 0.643. The van der Waals surface area contributed by atoms with Gasteiger partial charge in [-0.15, -0.1) is 0 Å². The second kappa shape index (κ2) is 5.95. The molecule has 0 radical (unpaired) electrons. The van der Waals surface area contributed by atoms with Crippen LogP contribution in [0.25, 0.3) is 0 Å². The minimum absolute atomic E-state index is 0.0178. The van der Waals surface area contributed by atoms with Gasteiger partial charge in [0.2, 0.25) is 0 Å². The van der Waals surface area contributed by atoms with Gasteiger partial charge in [0.05, 0.1) is 23.7 Å². The first kappa shape index (κ1) is 14.4. The normalized spacial score (nSPS) is 10.1. The number of rotatable bonds is 6. The molecule has 21 heavy (non-hydrogen) atoms. The number of non-ortho nitro benzene ring substituents is 1. The number of ether oxygens (including phenoxy) is 2. The number of furan rings is 1. The lowest BCUT2D eigenvalue weighted by Gasteiger charge is -2.09. The summed E-state index contributed by atoms with van der Waals surface area (Å²) in [7, 11) is 1.36. The first-order valence-corrected chi connectivity index (χ1v) is 5.77. The number of methoxy groups -OCH3 is 1. The molecule has 0 aliphatic rings. The summed E-state index contributed by atoms with van der Waals surface area (Å²) in [6.07, 6.45) is 1.11. The average molecular weight is 293 g/mol. The molecule has 0 fully saturated rings. The van der Waals surface area contributed by atoms with Crippen LogP contribution in [0.2, 0.25) is 0 Å². The number of nitrogens with zero attached hydrogens (tertiary/aromatic N) is 1. The van der Waals surface area contributed by atoms with E-state index in [0.29, 0.717) is 5.76 Å². The molecule has 1 aromatic carbocycles. The summed E-state index contributed by atoms with van der Waals surface area (Å²) in [6, 6.07) is 5.25. The zero-order chi connectivity index (χ0) is 15.4. The van der Waals surface area contributed by atoms with E-state index in [-0.39, 0.29) is 29.4 Å². The van der Waals surface area contributed by atoms with E-state index >= 15 is 0 Å². The Hall–Kier alpha value is -3.03. The molecule has 0 amide bonds. The Kier molecular flexibility index (Phi) is 4.07. The van der Waals surface area contributed by atoms with E-state index in [9.17, 15) is 14.9 Å². The van der Waals surface area contributed by atoms with Gasteiger partial charge in [-0.05, 0) is 12.1 Å². The maximum absolute atomic E-state index is 10.7. The first-order chi connectivity index (χ1) is 10.0. The van der Waals surface area contributed by atoms with Crippen molar-refractivity contribution in [3.63, 3.8) is 0 Å². The van der Waals surface area contributed by atoms with Gasteiger partial charge >= 0.3 is 5.97 Å². The molecule has 2 aromatic rings. The Balaban J connectivity index is 2.11. The van der Waals surface area contributed by atoms with Crippen molar-refractivity contribution in [3.8, 4) is 11.5 Å². The molecule has 8 heteroatoms. The highest BCUT2D eigenvalue weighted by Gasteiger charge is 2.14. The predicted octanol–water partition coefficient (Wildman–Crippen LogP) is 2.47. The smallest absolute Gasteiger partial charge is 0.338 e. The summed E-state index contributed by atoms with van der Waals surface area (Å²) < 4.78 is 15.4. The zero-order valence-corrected chi connectivity index (χ0v) is 10.9. The van der Waals surface area contributed by atoms with Crippen LogP contribution in [0.5, 0.6) is 11.5 Å². The van der Waals surface area contributed by atoms with E-state index in [2.05, 4.69) is 0 Å². The summed E-state index contributed by atoms with van der Waals surface area (Å²) in [5, 5.41) is 19.4. The third-order valence-electron chi connectivity index (χ3n) is 2.63. The van der Waals surface area contributed by atoms with Crippen molar-refractivity contribution in [2.75, 3.05) is 7.11 Å². The first-order valence-electron chi connectivity index (χ1n) is 5.77. The van der Waals surface area contributed by atoms with Gasteiger partial charge in [-0.25, -0.2) is 4.79 Å². The van der Waals surface area contributed by atoms with Gasteiger partial charge in [0.1, 0.15) is 18.6 Å². The molecule has 0 spiro atoms. The molecule has 0 unspecified atom stereocenters. The van der Waals surface area contributed by atoms with Gasteiger partial charge in [0.25, 0.3) is 5.69 Å². The van der Waals surface area contributed by atoms with Crippen molar-refractivity contribution in [1.29, 1.82) is 0 Å². The molecule has 1 N–H and O–H groups in total. The second-order valence-corrected chi connectivity index (χ2v) is 3.99. The molecule has 0 bridgehead atoms. The Bertz CT molecular complexity index is 677. The lowest BCUT2D eigenvalue weighted by Crippen LogP contribution is -1.98. The number of carboxylic acids is 1. The molecule has 0 aliphatic carbocycles. The van der Waals surface area contributed by atoms with Crippen molar-refractivity contribution in [2.24, 2.45) is 0 Å². The molecule has 1 heterocycles. The van der Waals surface area contributed by atoms with Gasteiger partial charge in [-0.3, -0.25) is 10.1 Å². The topological polar surface area (TPSA) is 112 Å². The minimum Gasteiger partial charge on any atom is -0.493 e. The van der Waals surface area contributed by atoms with Crippen LogP contribution in [0.15, 0.2) is 34.9 Å². The summed E-state index contributed by atoms with van der Waals surface area (Å²) in [6.45, 7) is -0.0263. The van der Waals surface area contributed by atoms with Gasteiger partial charge in [0, 0.05) is 6.07 Å². The lowest BCUT2D eigenvalue weighted by atomic mass is 10.3. The SMILES string of the molecule is COc1cc([N+](=O)[O-])ccc1OCc1cc(C(=O)O)co1. The summed E-state index contributed by atoms with van der Waals surface area (Å²) in [5.41, 5.74) is -0.102. The minimum atomic E-state index is -1.10. The van der Waals surface area contributed by atoms with Gasteiger partial charge < -0.3 is 19.0 Å². The zero-order valence-electron chi connectivity index (χ0n) is 10.9. The maximum atomic E-state index is 10.7. The Morgan fingerprint density at radius 1 is 1.38 bits per heavy atom. The number of hydrogen-bond acceptors (Lipinski definition) is 6. The molecule has 2 rings (SSSR count). The second-order valence-electron chi connectivity index (χ2n) is 3.99. The number of benzene rings is 1. The standard InChI is InChI=1S/C13H11NO7/c1-19-12-5-9(14(17)18)2-3-11(12)21-7-10-4-8(6-20-10)13(15)16/h2-6H,7H2,1H3,(H,15,16). The largest absolute Gasteiger partial charge is 0.493 e. The van der Waals surface area contributed by atoms with Crippen molar-refractivity contribution in [2.45, 2.75) is 6.61 Å². The fourth-order valence-electron chi connectivity index (χ4n) is 1.61. The summed E-state index contributed by atoms with van der Waals surface area (Å²) >= 11 is 0. The van der Waals surface area contributed by atoms with E-state index in [1.54, 1.807) is 0 Å². The van der Waals surface area contributed by atoms with E-state index in [1.165, 1.54) is 31.4 Å². The van der Waals surface area contributed by atoms with Crippen molar-refractivity contribution in [3.05, 3.63) is 52.0 Å². The van der Waals surface area contributed by atoms with Gasteiger partial charge in [-0.2, -0.15) is 0 Å². The highest BCUT2D eigenvalue weighted by Crippen LogP contribution is 2.31. The molecule has 0 atom stereocenters. The van der Waals surface area contributed by atoms with E-state index < -0.39 is 10.9 Å². The summed E-state index contributed by atoms with van der Waals surface area (Å²) in [5.74, 6) is -0.295. The third-order valence-corrected chi connectivity index (χ3v) is 2.63. The Morgan fingerprint density at radius 3 is 2.71 bits per heavy atom. The number of carbonyl (C=O) groups is 1. The highest BCUT2D eigenvalue weighted by molar-refractivity contribution is 5.87. The predicted molar refractivity (Wildman–Crippen MR) is 69.6 cm³/mol. The van der Waals surface area contributed by atoms with Crippen LogP contribution in [0, 0.1) is 10.1 Å². The van der Waals surface area contributed by atoms with Crippen LogP contribution in [-0.4, -0.2) is 23.1 Å². The molecule has 110 valence electrons. The Labute approximate surface area is 118 Å². The fraction of sp³-hybridized carbons (Fsp3) is 0.154. The van der Waals surface area contributed by atoms with E-state index in [0.717, 1.165) is 6.26 Å². The van der Waals surface area contributed by atoms with Crippen LogP contribution in [-0.2, 0) is 6.61 Å². The van der Waals surface area contributed by atoms with Crippen LogP contribution in [0.1, 0.15) is 16.1 Å². The van der Waals surface area contributed by atoms with Crippen LogP contribution in [0.3, 0.4) is 0 Å². The number of hydrogen-bond donors (Lipinski definition) is 1. The number of nitro groups is 1. The van der Waals surface area contributed by atoms with Crippen molar-refractivity contribution in [1.82, 2.24) is 0 Å². The summed E-state index contributed by atoms with van der Waals surface area (Å²) in [4.78, 5) is 20.8. The number of aromatic carboxylic acids is 1. The number of nitro benzene ring substituents is 1. The van der Waals surface area contributed by atoms with Crippen LogP contribution < -0.4 is 9.47 Å². The van der Waals surface area contributed by atoms with Gasteiger partial charge in [0.15, 0.2) is 11.5 Å². The van der Waals surface area contributed by atoms with Crippen LogP contribution >= 0.6 is 0 Å². The monoisotopic (exact) mass is 293 g/mol. The van der Waals surface area contributed by atoms with E-state index in [4.69, 9.17) is 19.0 Å². The number of carboxylic acid groups (broad SMARTS) is 1.